The van der Waals surface area contributed by atoms with E-state index < -0.39 is 32.5 Å². The lowest BCUT2D eigenvalue weighted by Crippen LogP contribution is -2.37. The van der Waals surface area contributed by atoms with Gasteiger partial charge in [-0.05, 0) is 64.2 Å². The lowest BCUT2D eigenvalue weighted by atomic mass is 10.1. The highest BCUT2D eigenvalue weighted by Crippen LogP contribution is 2.38. The maximum atomic E-state index is 12.6. The molecule has 0 fully saturated rings. The summed E-state index contributed by atoms with van der Waals surface area (Å²) in [5.74, 6) is -0.893. The van der Waals surface area contributed by atoms with Crippen LogP contribution in [0.3, 0.4) is 0 Å². The summed E-state index contributed by atoms with van der Waals surface area (Å²) in [4.78, 5) is 37.5. The van der Waals surface area contributed by atoms with Crippen molar-refractivity contribution in [3.63, 3.8) is 0 Å². The third-order valence-corrected chi connectivity index (χ3v) is 9.72. The normalized spacial score (nSPS) is 14.4. The SMILES string of the molecule is CC/C=C/C=C/C=C/C=C/CCCCCC(=O)OC(COC(=O)CCCCCCCCCCCC/C=C/C/C=C/C/C=C/CC)COP(=O)([O-])OCC[N+](C)(C)C. The summed E-state index contributed by atoms with van der Waals surface area (Å²) in [5, 5.41) is 0. The van der Waals surface area contributed by atoms with Gasteiger partial charge in [0.05, 0.1) is 27.7 Å². The molecule has 0 aromatic carbocycles. The molecule has 0 aromatic rings. The molecule has 0 radical (unpaired) electrons. The van der Waals surface area contributed by atoms with Crippen LogP contribution >= 0.6 is 7.82 Å². The molecule has 0 aliphatic heterocycles. The standard InChI is InChI=1S/C47H80NO8P/c1-6-8-10-12-14-16-18-20-21-22-23-24-25-26-28-29-31-33-35-37-39-46(49)53-43-45(44-55-57(51,52)54-42-41-48(3,4)5)56-47(50)40-38-36-34-32-30-27-19-17-15-13-11-9-7-2/h8-11,13-17,19-21,27,30,45H,6-7,12,18,22-26,28-29,31-44H2,1-5H3/b10-8+,11-9+,15-13+,16-14+,19-17+,21-20+,30-27+. The van der Waals surface area contributed by atoms with E-state index in [4.69, 9.17) is 18.5 Å². The highest BCUT2D eigenvalue weighted by atomic mass is 31.2. The Labute approximate surface area is 348 Å². The third-order valence-electron chi connectivity index (χ3n) is 8.76. The van der Waals surface area contributed by atoms with Gasteiger partial charge in [-0.15, -0.1) is 0 Å². The van der Waals surface area contributed by atoms with E-state index in [1.165, 1.54) is 38.5 Å². The summed E-state index contributed by atoms with van der Waals surface area (Å²) < 4.78 is 33.8. The molecule has 0 aromatic heterocycles. The zero-order valence-corrected chi connectivity index (χ0v) is 37.4. The topological polar surface area (TPSA) is 111 Å². The average Bonchev–Trinajstić information content (AvgIpc) is 3.16. The van der Waals surface area contributed by atoms with Crippen LogP contribution < -0.4 is 4.89 Å². The quantitative estimate of drug-likeness (QED) is 0.0151. The molecular formula is C47H80NO8P. The van der Waals surface area contributed by atoms with Crippen molar-refractivity contribution in [3.8, 4) is 0 Å². The molecule has 10 heteroatoms. The van der Waals surface area contributed by atoms with Crippen molar-refractivity contribution in [2.75, 3.05) is 47.5 Å². The van der Waals surface area contributed by atoms with Crippen molar-refractivity contribution in [1.82, 2.24) is 0 Å². The number of unbranched alkanes of at least 4 members (excludes halogenated alkanes) is 13. The number of likely N-dealkylation sites (N-methyl/N-ethyl adjacent to an activating group) is 1. The summed E-state index contributed by atoms with van der Waals surface area (Å²) in [6.45, 7) is 3.90. The van der Waals surface area contributed by atoms with E-state index in [2.05, 4.69) is 62.5 Å². The maximum absolute atomic E-state index is 12.6. The smallest absolute Gasteiger partial charge is 0.306 e. The van der Waals surface area contributed by atoms with Crippen LogP contribution in [0.5, 0.6) is 0 Å². The van der Waals surface area contributed by atoms with Gasteiger partial charge < -0.3 is 27.9 Å². The first-order chi connectivity index (χ1) is 27.5. The van der Waals surface area contributed by atoms with Gasteiger partial charge in [-0.25, -0.2) is 0 Å². The van der Waals surface area contributed by atoms with Gasteiger partial charge in [0.1, 0.15) is 19.8 Å². The number of nitrogens with zero attached hydrogens (tertiary/aromatic N) is 1. The van der Waals surface area contributed by atoms with Crippen LogP contribution in [-0.2, 0) is 32.7 Å². The zero-order chi connectivity index (χ0) is 42.1. The predicted molar refractivity (Wildman–Crippen MR) is 236 cm³/mol. The van der Waals surface area contributed by atoms with E-state index >= 15 is 0 Å². The number of esters is 2. The molecule has 0 aliphatic carbocycles. The van der Waals surface area contributed by atoms with Crippen molar-refractivity contribution in [2.45, 2.75) is 155 Å². The molecule has 0 heterocycles. The van der Waals surface area contributed by atoms with Gasteiger partial charge in [-0.2, -0.15) is 0 Å². The maximum Gasteiger partial charge on any atom is 0.306 e. The Bertz CT molecular complexity index is 1240. The number of allylic oxidation sites excluding steroid dienone is 14. The van der Waals surface area contributed by atoms with Crippen LogP contribution in [0.1, 0.15) is 149 Å². The number of phosphoric acid groups is 1. The van der Waals surface area contributed by atoms with Gasteiger partial charge in [0.2, 0.25) is 0 Å². The van der Waals surface area contributed by atoms with Gasteiger partial charge in [0, 0.05) is 12.8 Å². The number of hydrogen-bond donors (Lipinski definition) is 0. The van der Waals surface area contributed by atoms with Gasteiger partial charge in [-0.3, -0.25) is 14.2 Å². The second-order valence-electron chi connectivity index (χ2n) is 15.4. The molecule has 0 amide bonds. The molecule has 0 rings (SSSR count). The number of carbonyl (C=O) groups excluding carboxylic acids is 2. The lowest BCUT2D eigenvalue weighted by molar-refractivity contribution is -0.870. The molecule has 2 unspecified atom stereocenters. The Morgan fingerprint density at radius 1 is 0.561 bits per heavy atom. The van der Waals surface area contributed by atoms with Crippen molar-refractivity contribution < 1.29 is 42.1 Å². The molecule has 9 nitrogen and oxygen atoms in total. The first-order valence-corrected chi connectivity index (χ1v) is 23.3. The number of hydrogen-bond acceptors (Lipinski definition) is 8. The van der Waals surface area contributed by atoms with Crippen molar-refractivity contribution >= 4 is 19.8 Å². The Kier molecular flexibility index (Phi) is 36.8. The van der Waals surface area contributed by atoms with Crippen LogP contribution in [0.2, 0.25) is 0 Å². The van der Waals surface area contributed by atoms with E-state index in [0.29, 0.717) is 23.9 Å². The van der Waals surface area contributed by atoms with Gasteiger partial charge >= 0.3 is 11.9 Å². The second-order valence-corrected chi connectivity index (χ2v) is 16.8. The first kappa shape index (κ1) is 54.2. The average molecular weight is 818 g/mol. The minimum absolute atomic E-state index is 0.0441. The highest BCUT2D eigenvalue weighted by molar-refractivity contribution is 7.45. The summed E-state index contributed by atoms with van der Waals surface area (Å²) in [5.41, 5.74) is 0. The molecule has 0 aliphatic rings. The summed E-state index contributed by atoms with van der Waals surface area (Å²) in [7, 11) is 1.12. The van der Waals surface area contributed by atoms with Crippen molar-refractivity contribution in [2.24, 2.45) is 0 Å². The molecule has 0 saturated carbocycles. The Hall–Kier alpha value is -2.81. The fraction of sp³-hybridized carbons (Fsp3) is 0.660. The second kappa shape index (κ2) is 38.7. The van der Waals surface area contributed by atoms with E-state index in [1.807, 2.05) is 57.6 Å². The Morgan fingerprint density at radius 3 is 1.63 bits per heavy atom. The molecule has 0 spiro atoms. The van der Waals surface area contributed by atoms with Crippen LogP contribution in [0.25, 0.3) is 0 Å². The minimum Gasteiger partial charge on any atom is -0.756 e. The van der Waals surface area contributed by atoms with E-state index in [0.717, 1.165) is 70.6 Å². The van der Waals surface area contributed by atoms with E-state index in [1.54, 1.807) is 0 Å². The molecule has 2 atom stereocenters. The number of rotatable bonds is 38. The van der Waals surface area contributed by atoms with Gasteiger partial charge in [0.25, 0.3) is 7.82 Å². The molecule has 326 valence electrons. The number of quaternary nitrogens is 1. The largest absolute Gasteiger partial charge is 0.756 e. The molecule has 0 bridgehead atoms. The monoisotopic (exact) mass is 818 g/mol. The predicted octanol–water partition coefficient (Wildman–Crippen LogP) is 11.8. The van der Waals surface area contributed by atoms with Crippen molar-refractivity contribution in [1.29, 1.82) is 0 Å². The number of ether oxygens (including phenoxy) is 2. The summed E-state index contributed by atoms with van der Waals surface area (Å²) in [6, 6.07) is 0. The number of phosphoric ester groups is 1. The van der Waals surface area contributed by atoms with E-state index in [-0.39, 0.29) is 26.1 Å². The van der Waals surface area contributed by atoms with Gasteiger partial charge in [0.15, 0.2) is 6.10 Å². The van der Waals surface area contributed by atoms with Crippen LogP contribution in [0.15, 0.2) is 85.1 Å². The Morgan fingerprint density at radius 2 is 1.04 bits per heavy atom. The first-order valence-electron chi connectivity index (χ1n) is 21.8. The zero-order valence-electron chi connectivity index (χ0n) is 36.5. The third kappa shape index (κ3) is 42.6. The van der Waals surface area contributed by atoms with Crippen molar-refractivity contribution in [3.05, 3.63) is 85.1 Å². The van der Waals surface area contributed by atoms with Crippen LogP contribution in [0, 0.1) is 0 Å². The van der Waals surface area contributed by atoms with Gasteiger partial charge in [-0.1, -0.05) is 157 Å². The highest BCUT2D eigenvalue weighted by Gasteiger charge is 2.21. The van der Waals surface area contributed by atoms with Crippen LogP contribution in [0.4, 0.5) is 0 Å². The van der Waals surface area contributed by atoms with Crippen LogP contribution in [-0.4, -0.2) is 70.0 Å². The summed E-state index contributed by atoms with van der Waals surface area (Å²) >= 11 is 0. The Balaban J connectivity index is 4.37. The molecule has 57 heavy (non-hydrogen) atoms. The fourth-order valence-electron chi connectivity index (χ4n) is 5.38. The lowest BCUT2D eigenvalue weighted by Gasteiger charge is -2.28. The molecule has 0 N–H and O–H groups in total. The fourth-order valence-corrected chi connectivity index (χ4v) is 6.11. The molecular weight excluding hydrogens is 737 g/mol. The van der Waals surface area contributed by atoms with E-state index in [9.17, 15) is 19.0 Å². The summed E-state index contributed by atoms with van der Waals surface area (Å²) in [6.07, 6.45) is 49.0. The minimum atomic E-state index is -4.64. The molecule has 0 saturated heterocycles. The number of carbonyl (C=O) groups is 2.